The van der Waals surface area contributed by atoms with E-state index in [1.807, 2.05) is 4.90 Å². The van der Waals surface area contributed by atoms with Crippen molar-refractivity contribution in [3.05, 3.63) is 46.7 Å². The normalized spacial score (nSPS) is 27.3. The van der Waals surface area contributed by atoms with E-state index in [2.05, 4.69) is 0 Å². The van der Waals surface area contributed by atoms with Crippen LogP contribution in [0.15, 0.2) is 35.6 Å². The van der Waals surface area contributed by atoms with Crippen molar-refractivity contribution in [1.82, 2.24) is 9.80 Å². The molecule has 0 radical (unpaired) electrons. The Morgan fingerprint density at radius 1 is 1.11 bits per heavy atom. The van der Waals surface area contributed by atoms with Crippen molar-refractivity contribution >= 4 is 28.2 Å². The highest BCUT2D eigenvalue weighted by atomic mass is 16.3. The molecule has 7 N–H and O–H groups in total. The number of piperazine rings is 1. The molecular formula is C25H27N3O8. The standard InChI is InChI=1S/C25H27N3O8/c26-24(35)18-21(32)19(28-6-4-27(5-7-28)8-9-29)14-11-13-10-12-2-1-3-15(30)16(12)20(31)17(13)22(33)25(14,36)23(18)34/h1-3,10,14,19,29-31,34,36H,4-9,11H2,(H2,26,35). The Kier molecular flexibility index (Phi) is 5.75. The highest BCUT2D eigenvalue weighted by Gasteiger charge is 2.62. The van der Waals surface area contributed by atoms with Gasteiger partial charge >= 0.3 is 0 Å². The first-order chi connectivity index (χ1) is 17.1. The number of Topliss-reactive ketones (excluding diaryl/α,β-unsaturated/α-hetero) is 2. The van der Waals surface area contributed by atoms with Crippen molar-refractivity contribution < 1.29 is 39.9 Å². The number of ketones is 2. The molecule has 11 nitrogen and oxygen atoms in total. The van der Waals surface area contributed by atoms with Gasteiger partial charge < -0.3 is 31.3 Å². The number of amides is 1. The van der Waals surface area contributed by atoms with Crippen LogP contribution < -0.4 is 5.73 Å². The molecule has 0 bridgehead atoms. The smallest absolute Gasteiger partial charge is 0.255 e. The van der Waals surface area contributed by atoms with Crippen LogP contribution in [0.4, 0.5) is 0 Å². The van der Waals surface area contributed by atoms with Gasteiger partial charge in [0.05, 0.1) is 23.6 Å². The molecular weight excluding hydrogens is 470 g/mol. The summed E-state index contributed by atoms with van der Waals surface area (Å²) in [5, 5.41) is 53.7. The molecule has 1 fully saturated rings. The Morgan fingerprint density at radius 3 is 2.44 bits per heavy atom. The number of aliphatic hydroxyl groups is 3. The number of phenolic OH excluding ortho intramolecular Hbond substituents is 2. The first-order valence-electron chi connectivity index (χ1n) is 11.7. The fourth-order valence-corrected chi connectivity index (χ4v) is 5.96. The van der Waals surface area contributed by atoms with Gasteiger partial charge in [-0.25, -0.2) is 0 Å². The molecule has 2 aromatic rings. The van der Waals surface area contributed by atoms with Gasteiger partial charge in [-0.3, -0.25) is 24.2 Å². The SMILES string of the molecule is NC(=O)C1=C(O)C2(O)C(=O)c3c(cc4cccc(O)c4c3O)CC2C(N2CCN(CCO)CC2)C1=O. The molecule has 1 amide bonds. The molecule has 0 saturated carbocycles. The number of aromatic hydroxyl groups is 2. The number of phenols is 2. The first kappa shape index (κ1) is 24.2. The van der Waals surface area contributed by atoms with Crippen molar-refractivity contribution in [3.8, 4) is 11.5 Å². The molecule has 5 rings (SSSR count). The summed E-state index contributed by atoms with van der Waals surface area (Å²) in [6, 6.07) is 5.04. The van der Waals surface area contributed by atoms with E-state index in [1.54, 1.807) is 23.1 Å². The average Bonchev–Trinajstić information content (AvgIpc) is 2.82. The van der Waals surface area contributed by atoms with Crippen molar-refractivity contribution in [1.29, 1.82) is 0 Å². The molecule has 1 heterocycles. The third-order valence-corrected chi connectivity index (χ3v) is 7.71. The van der Waals surface area contributed by atoms with E-state index in [1.165, 1.54) is 6.07 Å². The minimum atomic E-state index is -2.69. The molecule has 2 aromatic carbocycles. The Morgan fingerprint density at radius 2 is 1.81 bits per heavy atom. The molecule has 0 aromatic heterocycles. The number of nitrogens with two attached hydrogens (primary N) is 1. The molecule has 1 saturated heterocycles. The van der Waals surface area contributed by atoms with Crippen LogP contribution in [0.2, 0.25) is 0 Å². The summed E-state index contributed by atoms with van der Waals surface area (Å²) in [5.74, 6) is -6.23. The number of nitrogens with zero attached hydrogens (tertiary/aromatic N) is 2. The maximum atomic E-state index is 13.8. The summed E-state index contributed by atoms with van der Waals surface area (Å²) in [6.07, 6.45) is -0.0694. The second-order valence-corrected chi connectivity index (χ2v) is 9.54. The van der Waals surface area contributed by atoms with Crippen molar-refractivity contribution in [2.24, 2.45) is 11.7 Å². The minimum Gasteiger partial charge on any atom is -0.508 e. The van der Waals surface area contributed by atoms with E-state index in [9.17, 15) is 39.9 Å². The summed E-state index contributed by atoms with van der Waals surface area (Å²) >= 11 is 0. The second kappa shape index (κ2) is 8.56. The van der Waals surface area contributed by atoms with Gasteiger partial charge in [0.25, 0.3) is 5.91 Å². The van der Waals surface area contributed by atoms with Gasteiger partial charge in [-0.15, -0.1) is 0 Å². The van der Waals surface area contributed by atoms with Gasteiger partial charge in [0.2, 0.25) is 5.78 Å². The van der Waals surface area contributed by atoms with Crippen LogP contribution in [0.3, 0.4) is 0 Å². The number of hydrogen-bond donors (Lipinski definition) is 6. The third-order valence-electron chi connectivity index (χ3n) is 7.71. The molecule has 0 spiro atoms. The van der Waals surface area contributed by atoms with Crippen LogP contribution in [-0.2, 0) is 16.0 Å². The summed E-state index contributed by atoms with van der Waals surface area (Å²) in [7, 11) is 0. The van der Waals surface area contributed by atoms with Crippen LogP contribution in [0.25, 0.3) is 10.8 Å². The molecule has 3 aliphatic rings. The predicted molar refractivity (Wildman–Crippen MR) is 126 cm³/mol. The van der Waals surface area contributed by atoms with Gasteiger partial charge in [0.15, 0.2) is 11.4 Å². The average molecular weight is 498 g/mol. The van der Waals surface area contributed by atoms with E-state index in [0.717, 1.165) is 0 Å². The summed E-state index contributed by atoms with van der Waals surface area (Å²) in [4.78, 5) is 43.3. The first-order valence-corrected chi connectivity index (χ1v) is 11.7. The Bertz CT molecular complexity index is 1330. The quantitative estimate of drug-likeness (QED) is 0.292. The molecule has 36 heavy (non-hydrogen) atoms. The fraction of sp³-hybridized carbons (Fsp3) is 0.400. The van der Waals surface area contributed by atoms with Gasteiger partial charge in [-0.2, -0.15) is 0 Å². The molecule has 3 atom stereocenters. The number of hydrogen-bond acceptors (Lipinski definition) is 10. The zero-order chi connectivity index (χ0) is 25.9. The Labute approximate surface area is 205 Å². The lowest BCUT2D eigenvalue weighted by molar-refractivity contribution is -0.134. The second-order valence-electron chi connectivity index (χ2n) is 9.54. The lowest BCUT2D eigenvalue weighted by Gasteiger charge is -2.50. The maximum absolute atomic E-state index is 13.8. The monoisotopic (exact) mass is 497 g/mol. The number of fused-ring (bicyclic) bond motifs is 3. The van der Waals surface area contributed by atoms with E-state index in [-0.39, 0.29) is 29.7 Å². The molecule has 2 aliphatic carbocycles. The molecule has 190 valence electrons. The minimum absolute atomic E-state index is 0.00804. The highest BCUT2D eigenvalue weighted by molar-refractivity contribution is 6.25. The number of carbonyl (C=O) groups excluding carboxylic acids is 3. The van der Waals surface area contributed by atoms with Gasteiger partial charge in [0.1, 0.15) is 22.8 Å². The van der Waals surface area contributed by atoms with Crippen LogP contribution in [0.5, 0.6) is 11.5 Å². The zero-order valence-electron chi connectivity index (χ0n) is 19.3. The Hall–Kier alpha value is -3.51. The molecule has 11 heteroatoms. The van der Waals surface area contributed by atoms with E-state index >= 15 is 0 Å². The van der Waals surface area contributed by atoms with Crippen molar-refractivity contribution in [2.75, 3.05) is 39.3 Å². The maximum Gasteiger partial charge on any atom is 0.255 e. The van der Waals surface area contributed by atoms with Gasteiger partial charge in [-0.05, 0) is 23.4 Å². The third kappa shape index (κ3) is 3.31. The number of rotatable bonds is 4. The van der Waals surface area contributed by atoms with Crippen LogP contribution >= 0.6 is 0 Å². The number of primary amides is 1. The van der Waals surface area contributed by atoms with E-state index in [0.29, 0.717) is 43.7 Å². The predicted octanol–water partition coefficient (Wildman–Crippen LogP) is -0.804. The fourth-order valence-electron chi connectivity index (χ4n) is 5.96. The Balaban J connectivity index is 1.68. The largest absolute Gasteiger partial charge is 0.508 e. The van der Waals surface area contributed by atoms with Crippen LogP contribution in [0.1, 0.15) is 15.9 Å². The lowest BCUT2D eigenvalue weighted by Crippen LogP contribution is -2.67. The van der Waals surface area contributed by atoms with Gasteiger partial charge in [0, 0.05) is 38.6 Å². The molecule has 1 aliphatic heterocycles. The number of aliphatic hydroxyl groups excluding tert-OH is 2. The van der Waals surface area contributed by atoms with Crippen LogP contribution in [0, 0.1) is 5.92 Å². The van der Waals surface area contributed by atoms with Crippen molar-refractivity contribution in [3.63, 3.8) is 0 Å². The number of β-amino-alcohol motifs (C(OH)–C–C–N with tert-alkyl or cyclic N) is 1. The van der Waals surface area contributed by atoms with Crippen LogP contribution in [-0.4, -0.2) is 104 Å². The van der Waals surface area contributed by atoms with Crippen molar-refractivity contribution in [2.45, 2.75) is 18.1 Å². The topological polar surface area (TPSA) is 185 Å². The summed E-state index contributed by atoms with van der Waals surface area (Å²) in [6.45, 7) is 2.16. The summed E-state index contributed by atoms with van der Waals surface area (Å²) in [5.41, 5.74) is 1.94. The zero-order valence-corrected chi connectivity index (χ0v) is 19.3. The lowest BCUT2D eigenvalue weighted by atomic mass is 9.61. The number of benzene rings is 2. The number of carbonyl (C=O) groups is 3. The van der Waals surface area contributed by atoms with E-state index < -0.39 is 52.1 Å². The van der Waals surface area contributed by atoms with Gasteiger partial charge in [-0.1, -0.05) is 18.2 Å². The molecule has 3 unspecified atom stereocenters. The van der Waals surface area contributed by atoms with E-state index in [4.69, 9.17) is 5.73 Å². The summed E-state index contributed by atoms with van der Waals surface area (Å²) < 4.78 is 0. The highest BCUT2D eigenvalue weighted by Crippen LogP contribution is 2.49.